The molecule has 4 atom stereocenters. The predicted molar refractivity (Wildman–Crippen MR) is 103 cm³/mol. The minimum atomic E-state index is -1.58. The van der Waals surface area contributed by atoms with Crippen LogP contribution in [0.4, 0.5) is 0 Å². The fraction of sp³-hybridized carbons (Fsp3) is 0.625. The van der Waals surface area contributed by atoms with Gasteiger partial charge in [-0.2, -0.15) is 12.6 Å². The molecule has 1 heterocycles. The number of nitrogens with zero attached hydrogens (tertiary/aromatic N) is 1. The van der Waals surface area contributed by atoms with E-state index in [2.05, 4.69) is 23.3 Å². The van der Waals surface area contributed by atoms with E-state index in [0.717, 1.165) is 4.90 Å². The van der Waals surface area contributed by atoms with E-state index in [1.165, 1.54) is 0 Å². The average molecular weight is 448 g/mol. The molecule has 4 unspecified atom stereocenters. The largest absolute Gasteiger partial charge is 0.481 e. The van der Waals surface area contributed by atoms with Crippen molar-refractivity contribution in [1.82, 2.24) is 15.5 Å². The highest BCUT2D eigenvalue weighted by atomic mass is 32.1. The second-order valence-corrected chi connectivity index (χ2v) is 7.00. The monoisotopic (exact) mass is 448 g/mol. The Morgan fingerprint density at radius 3 is 2.10 bits per heavy atom. The molecule has 0 bridgehead atoms. The second kappa shape index (κ2) is 11.3. The summed E-state index contributed by atoms with van der Waals surface area (Å²) in [6, 6.07) is -5.42. The van der Waals surface area contributed by atoms with Crippen LogP contribution < -0.4 is 16.4 Å². The first kappa shape index (κ1) is 25.2. The number of carbonyl (C=O) groups is 6. The number of likely N-dealkylation sites (tertiary alicyclic amines) is 1. The number of aliphatic carboxylic acids is 3. The zero-order valence-corrected chi connectivity index (χ0v) is 16.7. The van der Waals surface area contributed by atoms with E-state index in [0.29, 0.717) is 6.42 Å². The van der Waals surface area contributed by atoms with Gasteiger partial charge in [-0.1, -0.05) is 0 Å². The van der Waals surface area contributed by atoms with Gasteiger partial charge < -0.3 is 36.6 Å². The first-order chi connectivity index (χ1) is 14.0. The van der Waals surface area contributed by atoms with Crippen LogP contribution in [0.1, 0.15) is 25.7 Å². The van der Waals surface area contributed by atoms with Crippen LogP contribution in [0.2, 0.25) is 0 Å². The lowest BCUT2D eigenvalue weighted by atomic mass is 10.1. The van der Waals surface area contributed by atoms with Crippen LogP contribution in [0.3, 0.4) is 0 Å². The summed E-state index contributed by atoms with van der Waals surface area (Å²) in [5.41, 5.74) is 5.43. The van der Waals surface area contributed by atoms with Crippen LogP contribution >= 0.6 is 12.6 Å². The molecule has 1 rings (SSSR count). The van der Waals surface area contributed by atoms with Crippen LogP contribution in [0.25, 0.3) is 0 Å². The zero-order chi connectivity index (χ0) is 23.0. The number of rotatable bonds is 11. The molecule has 13 nitrogen and oxygen atoms in total. The summed E-state index contributed by atoms with van der Waals surface area (Å²) in [5, 5.41) is 31.2. The smallest absolute Gasteiger partial charge is 0.327 e. The Bertz CT molecular complexity index is 717. The highest BCUT2D eigenvalue weighted by Gasteiger charge is 2.39. The summed E-state index contributed by atoms with van der Waals surface area (Å²) in [5.74, 6) is -6.90. The van der Waals surface area contributed by atoms with Gasteiger partial charge in [0, 0.05) is 12.3 Å². The number of hydrogen-bond donors (Lipinski definition) is 7. The number of hydrogen-bond acceptors (Lipinski definition) is 8. The van der Waals surface area contributed by atoms with Crippen molar-refractivity contribution in [3.05, 3.63) is 0 Å². The molecule has 168 valence electrons. The highest BCUT2D eigenvalue weighted by molar-refractivity contribution is 7.80. The van der Waals surface area contributed by atoms with Gasteiger partial charge in [0.1, 0.15) is 18.1 Å². The molecular formula is C16H24N4O9S. The van der Waals surface area contributed by atoms with E-state index < -0.39 is 72.6 Å². The lowest BCUT2D eigenvalue weighted by Crippen LogP contribution is -2.57. The maximum absolute atomic E-state index is 12.8. The van der Waals surface area contributed by atoms with Gasteiger partial charge in [-0.05, 0) is 12.8 Å². The molecule has 0 aromatic heterocycles. The van der Waals surface area contributed by atoms with Crippen molar-refractivity contribution in [1.29, 1.82) is 0 Å². The molecule has 30 heavy (non-hydrogen) atoms. The van der Waals surface area contributed by atoms with E-state index in [4.69, 9.17) is 21.1 Å². The van der Waals surface area contributed by atoms with Crippen LogP contribution in [-0.4, -0.2) is 92.3 Å². The number of nitrogens with one attached hydrogen (secondary N) is 2. The minimum absolute atomic E-state index is 0.0860. The van der Waals surface area contributed by atoms with Crippen LogP contribution in [0.5, 0.6) is 0 Å². The van der Waals surface area contributed by atoms with E-state index in [9.17, 15) is 28.8 Å². The molecule has 0 spiro atoms. The first-order valence-electron chi connectivity index (χ1n) is 8.92. The molecule has 3 amide bonds. The quantitative estimate of drug-likeness (QED) is 0.161. The van der Waals surface area contributed by atoms with Crippen molar-refractivity contribution >= 4 is 48.3 Å². The maximum atomic E-state index is 12.8. The Morgan fingerprint density at radius 2 is 1.60 bits per heavy atom. The Kier molecular flexibility index (Phi) is 9.52. The first-order valence-corrected chi connectivity index (χ1v) is 9.55. The molecular weight excluding hydrogens is 424 g/mol. The number of amides is 3. The van der Waals surface area contributed by atoms with Crippen LogP contribution in [-0.2, 0) is 28.8 Å². The molecule has 0 radical (unpaired) electrons. The Hall–Kier alpha value is -2.87. The summed E-state index contributed by atoms with van der Waals surface area (Å²) >= 11 is 3.84. The van der Waals surface area contributed by atoms with E-state index in [1.54, 1.807) is 0 Å². The SMILES string of the molecule is NC(CC(=O)O)C(=O)NC(CC(=O)O)C(=O)N1CCCC1C(=O)NC(CS)C(=O)O. The third kappa shape index (κ3) is 7.18. The van der Waals surface area contributed by atoms with Crippen molar-refractivity contribution in [2.24, 2.45) is 5.73 Å². The molecule has 1 aliphatic heterocycles. The summed E-state index contributed by atoms with van der Waals surface area (Å²) in [6.45, 7) is 0.0860. The third-order valence-corrected chi connectivity index (χ3v) is 4.73. The lowest BCUT2D eigenvalue weighted by Gasteiger charge is -2.29. The van der Waals surface area contributed by atoms with Crippen LogP contribution in [0, 0.1) is 0 Å². The predicted octanol–water partition coefficient (Wildman–Crippen LogP) is -2.76. The van der Waals surface area contributed by atoms with Gasteiger partial charge in [-0.25, -0.2) is 4.79 Å². The Labute approximate surface area is 176 Å². The molecule has 0 saturated carbocycles. The fourth-order valence-electron chi connectivity index (χ4n) is 2.89. The van der Waals surface area contributed by atoms with E-state index in [1.807, 2.05) is 0 Å². The highest BCUT2D eigenvalue weighted by Crippen LogP contribution is 2.19. The molecule has 14 heteroatoms. The molecule has 1 saturated heterocycles. The fourth-order valence-corrected chi connectivity index (χ4v) is 3.14. The topological polar surface area (TPSA) is 216 Å². The summed E-state index contributed by atoms with van der Waals surface area (Å²) in [4.78, 5) is 71.3. The third-order valence-electron chi connectivity index (χ3n) is 4.36. The van der Waals surface area contributed by atoms with Crippen LogP contribution in [0.15, 0.2) is 0 Å². The number of nitrogens with two attached hydrogens (primary N) is 1. The standard InChI is InChI=1S/C16H24N4O9S/c17-7(4-11(21)22)13(25)18-8(5-12(23)24)15(27)20-3-1-2-10(20)14(26)19-9(6-30)16(28)29/h7-10,30H,1-6,17H2,(H,18,25)(H,19,26)(H,21,22)(H,23,24)(H,28,29). The molecule has 0 aromatic rings. The Morgan fingerprint density at radius 1 is 1.00 bits per heavy atom. The molecule has 0 aromatic carbocycles. The second-order valence-electron chi connectivity index (χ2n) is 6.64. The van der Waals surface area contributed by atoms with Gasteiger partial charge >= 0.3 is 17.9 Å². The molecule has 1 aliphatic rings. The zero-order valence-electron chi connectivity index (χ0n) is 15.8. The minimum Gasteiger partial charge on any atom is -0.481 e. The summed E-state index contributed by atoms with van der Waals surface area (Å²) in [7, 11) is 0. The summed E-state index contributed by atoms with van der Waals surface area (Å²) in [6.07, 6.45) is -0.935. The van der Waals surface area contributed by atoms with Gasteiger partial charge in [0.2, 0.25) is 17.7 Å². The van der Waals surface area contributed by atoms with E-state index >= 15 is 0 Å². The Balaban J connectivity index is 2.94. The summed E-state index contributed by atoms with van der Waals surface area (Å²) < 4.78 is 0. The van der Waals surface area contributed by atoms with Crippen molar-refractivity contribution in [2.45, 2.75) is 49.9 Å². The van der Waals surface area contributed by atoms with Crippen molar-refractivity contribution in [2.75, 3.05) is 12.3 Å². The van der Waals surface area contributed by atoms with Crippen molar-refractivity contribution in [3.63, 3.8) is 0 Å². The number of carbonyl (C=O) groups excluding carboxylic acids is 3. The van der Waals surface area contributed by atoms with E-state index in [-0.39, 0.29) is 18.7 Å². The van der Waals surface area contributed by atoms with Crippen molar-refractivity contribution < 1.29 is 44.1 Å². The lowest BCUT2D eigenvalue weighted by molar-refractivity contribution is -0.147. The van der Waals surface area contributed by atoms with Gasteiger partial charge in [0.05, 0.1) is 18.9 Å². The van der Waals surface area contributed by atoms with Gasteiger partial charge in [0.25, 0.3) is 0 Å². The average Bonchev–Trinajstić information content (AvgIpc) is 3.13. The molecule has 7 N–H and O–H groups in total. The van der Waals surface area contributed by atoms with Gasteiger partial charge in [-0.3, -0.25) is 24.0 Å². The van der Waals surface area contributed by atoms with Gasteiger partial charge in [-0.15, -0.1) is 0 Å². The number of carboxylic acid groups (broad SMARTS) is 3. The molecule has 1 fully saturated rings. The molecule has 0 aliphatic carbocycles. The number of carboxylic acids is 3. The number of thiol groups is 1. The normalized spacial score (nSPS) is 18.7. The maximum Gasteiger partial charge on any atom is 0.327 e. The van der Waals surface area contributed by atoms with Crippen molar-refractivity contribution in [3.8, 4) is 0 Å². The van der Waals surface area contributed by atoms with Gasteiger partial charge in [0.15, 0.2) is 0 Å².